The van der Waals surface area contributed by atoms with Gasteiger partial charge in [-0.1, -0.05) is 40.5 Å². The Hall–Kier alpha value is -2.57. The van der Waals surface area contributed by atoms with E-state index in [2.05, 4.69) is 10.9 Å². The molecular weight excluding hydrogens is 377 g/mol. The molecule has 0 atom stereocenters. The Morgan fingerprint density at radius 2 is 2.00 bits per heavy atom. The third kappa shape index (κ3) is 3.45. The van der Waals surface area contributed by atoms with Crippen LogP contribution in [0.2, 0.25) is 10.0 Å². The number of hydrogen-bond donors (Lipinski definition) is 0. The van der Waals surface area contributed by atoms with E-state index in [9.17, 15) is 4.79 Å². The summed E-state index contributed by atoms with van der Waals surface area (Å²) >= 11 is 13.6. The van der Waals surface area contributed by atoms with Crippen LogP contribution >= 0.6 is 34.5 Å². The molecule has 0 fully saturated rings. The predicted octanol–water partition coefficient (Wildman–Crippen LogP) is 4.26. The number of halogens is 2. The lowest BCUT2D eigenvalue weighted by atomic mass is 10.1. The van der Waals surface area contributed by atoms with Gasteiger partial charge < -0.3 is 4.57 Å². The number of nitrogens with zero attached hydrogens (tertiary/aromatic N) is 3. The van der Waals surface area contributed by atoms with E-state index >= 15 is 0 Å². The number of fused-ring (bicyclic) bond motifs is 1. The molecule has 0 N–H and O–H groups in total. The topological polar surface area (TPSA) is 58.1 Å². The van der Waals surface area contributed by atoms with Crippen LogP contribution in [0.4, 0.5) is 0 Å². The highest BCUT2D eigenvalue weighted by Crippen LogP contribution is 2.29. The average molecular weight is 386 g/mol. The first kappa shape index (κ1) is 17.3. The van der Waals surface area contributed by atoms with Crippen LogP contribution in [0, 0.1) is 23.7 Å². The van der Waals surface area contributed by atoms with Crippen molar-refractivity contribution in [1.29, 1.82) is 5.26 Å². The van der Waals surface area contributed by atoms with E-state index in [4.69, 9.17) is 34.9 Å². The van der Waals surface area contributed by atoms with Crippen molar-refractivity contribution in [1.82, 2.24) is 4.57 Å². The van der Waals surface area contributed by atoms with Crippen LogP contribution in [-0.4, -0.2) is 10.5 Å². The van der Waals surface area contributed by atoms with E-state index in [0.717, 1.165) is 4.70 Å². The zero-order chi connectivity index (χ0) is 18.0. The average Bonchev–Trinajstić information content (AvgIpc) is 2.92. The normalized spacial score (nSPS) is 11.3. The molecule has 0 saturated carbocycles. The molecule has 0 unspecified atom stereocenters. The molecule has 0 aliphatic heterocycles. The van der Waals surface area contributed by atoms with Crippen LogP contribution in [-0.2, 0) is 6.54 Å². The third-order valence-electron chi connectivity index (χ3n) is 3.40. The molecule has 3 aromatic rings. The van der Waals surface area contributed by atoms with Gasteiger partial charge in [-0.25, -0.2) is 0 Å². The van der Waals surface area contributed by atoms with Gasteiger partial charge in [0.25, 0.3) is 5.91 Å². The summed E-state index contributed by atoms with van der Waals surface area (Å²) in [6.45, 7) is 0.223. The Balaban J connectivity index is 2.16. The van der Waals surface area contributed by atoms with Gasteiger partial charge in [0.1, 0.15) is 0 Å². The van der Waals surface area contributed by atoms with Gasteiger partial charge in [0.2, 0.25) is 0 Å². The quantitative estimate of drug-likeness (QED) is 0.618. The molecule has 0 bridgehead atoms. The van der Waals surface area contributed by atoms with E-state index < -0.39 is 5.91 Å². The van der Waals surface area contributed by atoms with Crippen LogP contribution in [0.3, 0.4) is 0 Å². The summed E-state index contributed by atoms with van der Waals surface area (Å²) in [6.07, 6.45) is 5.44. The lowest BCUT2D eigenvalue weighted by Crippen LogP contribution is -2.16. The van der Waals surface area contributed by atoms with Crippen molar-refractivity contribution in [3.63, 3.8) is 0 Å². The van der Waals surface area contributed by atoms with Crippen LogP contribution in [0.15, 0.2) is 41.4 Å². The lowest BCUT2D eigenvalue weighted by Gasteiger charge is -2.02. The molecule has 4 nitrogen and oxygen atoms in total. The highest BCUT2D eigenvalue weighted by molar-refractivity contribution is 7.16. The molecule has 122 valence electrons. The minimum Gasteiger partial charge on any atom is -0.303 e. The first-order valence-corrected chi connectivity index (χ1v) is 8.62. The molecule has 1 amide bonds. The Kier molecular flexibility index (Phi) is 4.92. The minimum atomic E-state index is -0.427. The molecule has 1 heterocycles. The van der Waals surface area contributed by atoms with Gasteiger partial charge in [0.05, 0.1) is 33.4 Å². The fourth-order valence-electron chi connectivity index (χ4n) is 2.29. The summed E-state index contributed by atoms with van der Waals surface area (Å²) in [6, 6.07) is 11.6. The van der Waals surface area contributed by atoms with Crippen molar-refractivity contribution >= 4 is 50.7 Å². The van der Waals surface area contributed by atoms with Crippen molar-refractivity contribution in [2.75, 3.05) is 0 Å². The van der Waals surface area contributed by atoms with Crippen LogP contribution in [0.5, 0.6) is 0 Å². The van der Waals surface area contributed by atoms with Crippen LogP contribution < -0.4 is 4.80 Å². The lowest BCUT2D eigenvalue weighted by molar-refractivity contribution is 0.0998. The molecule has 0 spiro atoms. The SMILES string of the molecule is C#CCn1c(=NC(=O)c2ccc(C#N)cc2)sc2cc(Cl)cc(Cl)c21. The highest BCUT2D eigenvalue weighted by Gasteiger charge is 2.12. The first-order chi connectivity index (χ1) is 12.0. The largest absolute Gasteiger partial charge is 0.303 e. The molecule has 7 heteroatoms. The van der Waals surface area contributed by atoms with E-state index in [-0.39, 0.29) is 6.54 Å². The van der Waals surface area contributed by atoms with Gasteiger partial charge in [-0.05, 0) is 36.4 Å². The molecule has 0 radical (unpaired) electrons. The summed E-state index contributed by atoms with van der Waals surface area (Å²) < 4.78 is 2.50. The summed E-state index contributed by atoms with van der Waals surface area (Å²) in [4.78, 5) is 17.0. The van der Waals surface area contributed by atoms with E-state index in [1.807, 2.05) is 6.07 Å². The molecule has 2 aromatic carbocycles. The Morgan fingerprint density at radius 1 is 1.28 bits per heavy atom. The number of nitriles is 1. The molecule has 0 aliphatic carbocycles. The molecule has 0 aliphatic rings. The Labute approximate surface area is 157 Å². The van der Waals surface area contributed by atoms with Gasteiger partial charge in [0, 0.05) is 10.6 Å². The molecule has 25 heavy (non-hydrogen) atoms. The number of amides is 1. The van der Waals surface area contributed by atoms with Crippen LogP contribution in [0.25, 0.3) is 10.2 Å². The number of carbonyl (C=O) groups excluding carboxylic acids is 1. The third-order valence-corrected chi connectivity index (χ3v) is 4.93. The fraction of sp³-hybridized carbons (Fsp3) is 0.0556. The highest BCUT2D eigenvalue weighted by atomic mass is 35.5. The van der Waals surface area contributed by atoms with E-state index in [0.29, 0.717) is 31.5 Å². The molecule has 0 saturated heterocycles. The summed E-state index contributed by atoms with van der Waals surface area (Å²) in [7, 11) is 0. The number of carbonyl (C=O) groups is 1. The van der Waals surface area contributed by atoms with E-state index in [1.54, 1.807) is 41.0 Å². The van der Waals surface area contributed by atoms with E-state index in [1.165, 1.54) is 11.3 Å². The molecule has 3 rings (SSSR count). The van der Waals surface area contributed by atoms with Gasteiger partial charge in [-0.2, -0.15) is 10.3 Å². The van der Waals surface area contributed by atoms with Crippen LogP contribution in [0.1, 0.15) is 15.9 Å². The second-order valence-electron chi connectivity index (χ2n) is 5.02. The Bertz CT molecular complexity index is 1130. The predicted molar refractivity (Wildman–Crippen MR) is 99.7 cm³/mol. The van der Waals surface area contributed by atoms with Crippen molar-refractivity contribution in [2.24, 2.45) is 4.99 Å². The fourth-order valence-corrected chi connectivity index (χ4v) is 4.10. The smallest absolute Gasteiger partial charge is 0.279 e. The van der Waals surface area contributed by atoms with Crippen molar-refractivity contribution in [2.45, 2.75) is 6.54 Å². The summed E-state index contributed by atoms with van der Waals surface area (Å²) in [5.74, 6) is 2.12. The van der Waals surface area contributed by atoms with Gasteiger partial charge in [0.15, 0.2) is 4.80 Å². The summed E-state index contributed by atoms with van der Waals surface area (Å²) in [5, 5.41) is 9.77. The maximum atomic E-state index is 12.4. The Morgan fingerprint density at radius 3 is 2.64 bits per heavy atom. The number of terminal acetylenes is 1. The zero-order valence-corrected chi connectivity index (χ0v) is 15.0. The monoisotopic (exact) mass is 385 g/mol. The number of hydrogen-bond acceptors (Lipinski definition) is 3. The van der Waals surface area contributed by atoms with Crippen molar-refractivity contribution in [3.8, 4) is 18.4 Å². The van der Waals surface area contributed by atoms with Gasteiger partial charge >= 0.3 is 0 Å². The maximum absolute atomic E-state index is 12.4. The first-order valence-electron chi connectivity index (χ1n) is 7.04. The number of aromatic nitrogens is 1. The maximum Gasteiger partial charge on any atom is 0.279 e. The number of rotatable bonds is 2. The number of thiazole rings is 1. The number of benzene rings is 2. The second-order valence-corrected chi connectivity index (χ2v) is 6.87. The van der Waals surface area contributed by atoms with Crippen molar-refractivity contribution < 1.29 is 4.79 Å². The van der Waals surface area contributed by atoms with Gasteiger partial charge in [-0.3, -0.25) is 4.79 Å². The molecular formula is C18H9Cl2N3OS. The summed E-state index contributed by atoms with van der Waals surface area (Å²) in [5.41, 5.74) is 1.55. The second kappa shape index (κ2) is 7.13. The zero-order valence-electron chi connectivity index (χ0n) is 12.7. The van der Waals surface area contributed by atoms with Crippen molar-refractivity contribution in [3.05, 3.63) is 62.4 Å². The minimum absolute atomic E-state index is 0.223. The molecule has 1 aromatic heterocycles. The standard InChI is InChI=1S/C18H9Cl2N3OS/c1-2-7-23-16-14(20)8-13(19)9-15(16)25-18(23)22-17(24)12-5-3-11(10-21)4-6-12/h1,3-6,8-9H,7H2. The van der Waals surface area contributed by atoms with Gasteiger partial charge in [-0.15, -0.1) is 6.42 Å².